The molecule has 0 bridgehead atoms. The molecule has 2 N–H and O–H groups in total. The first-order valence-electron chi connectivity index (χ1n) is 8.89. The first kappa shape index (κ1) is 21.0. The summed E-state index contributed by atoms with van der Waals surface area (Å²) in [7, 11) is 1.79. The molecule has 0 spiro atoms. The van der Waals surface area contributed by atoms with Gasteiger partial charge in [-0.1, -0.05) is 49.4 Å². The average molecular weight is 475 g/mol. The summed E-state index contributed by atoms with van der Waals surface area (Å²) in [5.74, 6) is 0.788. The van der Waals surface area contributed by atoms with Gasteiger partial charge >= 0.3 is 0 Å². The minimum Gasteiger partial charge on any atom is -0.352 e. The van der Waals surface area contributed by atoms with Crippen LogP contribution in [-0.4, -0.2) is 22.6 Å². The summed E-state index contributed by atoms with van der Waals surface area (Å²) < 4.78 is 2.02. The molecule has 3 rings (SSSR count). The Morgan fingerprint density at radius 1 is 0.963 bits per heavy atom. The number of guanidine groups is 1. The Kier molecular flexibility index (Phi) is 8.32. The summed E-state index contributed by atoms with van der Waals surface area (Å²) in [6, 6.07) is 16.8. The smallest absolute Gasteiger partial charge is 0.191 e. The molecule has 1 aromatic heterocycles. The van der Waals surface area contributed by atoms with Crippen molar-refractivity contribution in [2.45, 2.75) is 26.4 Å². The lowest BCUT2D eigenvalue weighted by Gasteiger charge is -2.15. The Hall–Kier alpha value is -2.35. The molecule has 27 heavy (non-hydrogen) atoms. The van der Waals surface area contributed by atoms with Crippen LogP contribution in [0.2, 0.25) is 0 Å². The van der Waals surface area contributed by atoms with Gasteiger partial charge in [0.25, 0.3) is 0 Å². The van der Waals surface area contributed by atoms with Crippen molar-refractivity contribution >= 4 is 29.9 Å². The highest BCUT2D eigenvalue weighted by Crippen LogP contribution is 2.14. The third-order valence-corrected chi connectivity index (χ3v) is 4.39. The fourth-order valence-corrected chi connectivity index (χ4v) is 2.97. The second-order valence-corrected chi connectivity index (χ2v) is 6.00. The minimum absolute atomic E-state index is 0. The van der Waals surface area contributed by atoms with Gasteiger partial charge in [-0.2, -0.15) is 0 Å². The number of benzene rings is 2. The largest absolute Gasteiger partial charge is 0.352 e. The summed E-state index contributed by atoms with van der Waals surface area (Å²) >= 11 is 0. The Bertz CT molecular complexity index is 859. The number of aliphatic imine (C=N–C) groups is 1. The number of hydrogen-bond acceptors (Lipinski definition) is 2. The first-order valence-corrected chi connectivity index (χ1v) is 8.89. The molecule has 0 aliphatic rings. The Morgan fingerprint density at radius 3 is 2.22 bits per heavy atom. The molecule has 0 aliphatic carbocycles. The number of rotatable bonds is 6. The quantitative estimate of drug-likeness (QED) is 0.323. The minimum atomic E-state index is 0. The molecular formula is C21H26IN5. The normalized spacial score (nSPS) is 11.0. The molecule has 0 saturated carbocycles. The van der Waals surface area contributed by atoms with Crippen LogP contribution in [0.1, 0.15) is 23.6 Å². The Morgan fingerprint density at radius 2 is 1.59 bits per heavy atom. The van der Waals surface area contributed by atoms with Crippen molar-refractivity contribution in [3.8, 4) is 5.69 Å². The zero-order valence-electron chi connectivity index (χ0n) is 15.7. The highest BCUT2D eigenvalue weighted by Gasteiger charge is 2.06. The van der Waals surface area contributed by atoms with Gasteiger partial charge in [0, 0.05) is 32.5 Å². The van der Waals surface area contributed by atoms with Crippen LogP contribution in [0.3, 0.4) is 0 Å². The highest BCUT2D eigenvalue weighted by atomic mass is 127. The van der Waals surface area contributed by atoms with Gasteiger partial charge in [0.15, 0.2) is 5.96 Å². The lowest BCUT2D eigenvalue weighted by Crippen LogP contribution is -2.36. The van der Waals surface area contributed by atoms with Gasteiger partial charge in [0.05, 0.1) is 12.0 Å². The van der Waals surface area contributed by atoms with Crippen molar-refractivity contribution in [2.75, 3.05) is 7.05 Å². The topological polar surface area (TPSA) is 54.2 Å². The Balaban J connectivity index is 0.00000261. The molecule has 1 heterocycles. The molecular weight excluding hydrogens is 449 g/mol. The van der Waals surface area contributed by atoms with E-state index in [1.807, 2.05) is 29.2 Å². The molecule has 0 unspecified atom stereocenters. The summed E-state index contributed by atoms with van der Waals surface area (Å²) in [6.07, 6.45) is 6.58. The number of aryl methyl sites for hydroxylation is 1. The molecule has 3 aromatic rings. The van der Waals surface area contributed by atoms with Crippen molar-refractivity contribution in [1.29, 1.82) is 0 Å². The number of para-hydroxylation sites is 1. The van der Waals surface area contributed by atoms with Gasteiger partial charge in [-0.15, -0.1) is 24.0 Å². The number of nitrogens with one attached hydrogen (secondary N) is 2. The van der Waals surface area contributed by atoms with Gasteiger partial charge in [-0.3, -0.25) is 4.99 Å². The fraction of sp³-hybridized carbons (Fsp3) is 0.238. The lowest BCUT2D eigenvalue weighted by atomic mass is 10.1. The molecule has 0 atom stereocenters. The van der Waals surface area contributed by atoms with E-state index >= 15 is 0 Å². The number of aromatic nitrogens is 2. The summed E-state index contributed by atoms with van der Waals surface area (Å²) in [5.41, 5.74) is 4.96. The third-order valence-electron chi connectivity index (χ3n) is 4.39. The van der Waals surface area contributed by atoms with Crippen molar-refractivity contribution < 1.29 is 0 Å². The fourth-order valence-electron chi connectivity index (χ4n) is 2.97. The molecule has 0 saturated heterocycles. The standard InChI is InChI=1S/C21H25N5.HI/c1-3-17-8-4-5-9-18(17)14-24-21(22-2)25-15-19-10-6-7-11-20(19)26-13-12-23-16-26;/h4-13,16H,3,14-15H2,1-2H3,(H2,22,24,25);1H. The van der Waals surface area contributed by atoms with Crippen molar-refractivity contribution in [2.24, 2.45) is 4.99 Å². The molecule has 5 nitrogen and oxygen atoms in total. The van der Waals surface area contributed by atoms with E-state index in [0.717, 1.165) is 24.6 Å². The van der Waals surface area contributed by atoms with Crippen LogP contribution >= 0.6 is 24.0 Å². The van der Waals surface area contributed by atoms with Gasteiger partial charge in [-0.05, 0) is 29.2 Å². The highest BCUT2D eigenvalue weighted by molar-refractivity contribution is 14.0. The van der Waals surface area contributed by atoms with Crippen LogP contribution < -0.4 is 10.6 Å². The van der Waals surface area contributed by atoms with Crippen molar-refractivity contribution in [3.63, 3.8) is 0 Å². The van der Waals surface area contributed by atoms with Gasteiger partial charge in [0.2, 0.25) is 0 Å². The van der Waals surface area contributed by atoms with E-state index in [9.17, 15) is 0 Å². The predicted octanol–water partition coefficient (Wildman–Crippen LogP) is 3.92. The van der Waals surface area contributed by atoms with E-state index in [4.69, 9.17) is 0 Å². The van der Waals surface area contributed by atoms with Gasteiger partial charge < -0.3 is 15.2 Å². The maximum absolute atomic E-state index is 4.34. The van der Waals surface area contributed by atoms with E-state index in [1.165, 1.54) is 16.7 Å². The first-order chi connectivity index (χ1) is 12.8. The van der Waals surface area contributed by atoms with Crippen molar-refractivity contribution in [3.05, 3.63) is 83.9 Å². The van der Waals surface area contributed by atoms with Crippen LogP contribution in [0.4, 0.5) is 0 Å². The molecule has 0 amide bonds. The molecule has 0 fully saturated rings. The monoisotopic (exact) mass is 475 g/mol. The molecule has 2 aromatic carbocycles. The zero-order chi connectivity index (χ0) is 18.2. The summed E-state index contributed by atoms with van der Waals surface area (Å²) in [4.78, 5) is 8.48. The molecule has 0 aliphatic heterocycles. The van der Waals surface area contributed by atoms with Gasteiger partial charge in [0.1, 0.15) is 0 Å². The van der Waals surface area contributed by atoms with E-state index in [1.54, 1.807) is 13.2 Å². The van der Waals surface area contributed by atoms with E-state index < -0.39 is 0 Å². The molecule has 6 heteroatoms. The van der Waals surface area contributed by atoms with E-state index in [2.05, 4.69) is 63.9 Å². The van der Waals surface area contributed by atoms with Crippen LogP contribution in [0.5, 0.6) is 0 Å². The number of nitrogens with zero attached hydrogens (tertiary/aromatic N) is 3. The maximum atomic E-state index is 4.34. The third kappa shape index (κ3) is 5.56. The Labute approximate surface area is 178 Å². The second kappa shape index (κ2) is 10.7. The van der Waals surface area contributed by atoms with Crippen molar-refractivity contribution in [1.82, 2.24) is 20.2 Å². The SMILES string of the molecule is CCc1ccccc1CNC(=NC)NCc1ccccc1-n1ccnc1.I. The maximum Gasteiger partial charge on any atom is 0.191 e. The van der Waals surface area contributed by atoms with Gasteiger partial charge in [-0.25, -0.2) is 4.98 Å². The predicted molar refractivity (Wildman–Crippen MR) is 122 cm³/mol. The molecule has 142 valence electrons. The number of hydrogen-bond donors (Lipinski definition) is 2. The lowest BCUT2D eigenvalue weighted by molar-refractivity contribution is 0.798. The van der Waals surface area contributed by atoms with Crippen LogP contribution in [0.25, 0.3) is 5.69 Å². The average Bonchev–Trinajstić information content (AvgIpc) is 3.23. The van der Waals surface area contributed by atoms with E-state index in [0.29, 0.717) is 6.54 Å². The summed E-state index contributed by atoms with van der Waals surface area (Å²) in [6.45, 7) is 3.62. The molecule has 0 radical (unpaired) electrons. The van der Waals surface area contributed by atoms with Crippen LogP contribution in [-0.2, 0) is 19.5 Å². The van der Waals surface area contributed by atoms with Crippen LogP contribution in [0.15, 0.2) is 72.2 Å². The number of imidazole rings is 1. The number of halogens is 1. The van der Waals surface area contributed by atoms with E-state index in [-0.39, 0.29) is 24.0 Å². The second-order valence-electron chi connectivity index (χ2n) is 6.00. The zero-order valence-corrected chi connectivity index (χ0v) is 18.1. The van der Waals surface area contributed by atoms with Crippen LogP contribution in [0, 0.1) is 0 Å². The summed E-state index contributed by atoms with van der Waals surface area (Å²) in [5, 5.41) is 6.81.